The van der Waals surface area contributed by atoms with Crippen molar-refractivity contribution in [3.63, 3.8) is 0 Å². The van der Waals surface area contributed by atoms with Crippen LogP contribution in [0.3, 0.4) is 0 Å². The molecule has 0 heterocycles. The van der Waals surface area contributed by atoms with Crippen LogP contribution in [-0.2, 0) is 13.2 Å². The van der Waals surface area contributed by atoms with Gasteiger partial charge in [-0.2, -0.15) is 0 Å². The molecule has 0 saturated carbocycles. The molecular formula is C28H25NO3. The van der Waals surface area contributed by atoms with Gasteiger partial charge < -0.3 is 14.8 Å². The van der Waals surface area contributed by atoms with Crippen LogP contribution in [0.1, 0.15) is 21.5 Å². The number of para-hydroxylation sites is 1. The molecule has 0 atom stereocenters. The van der Waals surface area contributed by atoms with Gasteiger partial charge in [-0.3, -0.25) is 4.79 Å². The van der Waals surface area contributed by atoms with Crippen molar-refractivity contribution in [3.05, 3.63) is 120 Å². The number of carbonyl (C=O) groups excluding carboxylic acids is 1. The van der Waals surface area contributed by atoms with Gasteiger partial charge in [0, 0.05) is 12.1 Å². The molecule has 0 fully saturated rings. The van der Waals surface area contributed by atoms with Gasteiger partial charge >= 0.3 is 0 Å². The second kappa shape index (κ2) is 10.3. The molecule has 0 saturated heterocycles. The van der Waals surface area contributed by atoms with E-state index in [0.29, 0.717) is 30.2 Å². The summed E-state index contributed by atoms with van der Waals surface area (Å²) < 4.78 is 11.5. The third-order valence-corrected chi connectivity index (χ3v) is 5.18. The zero-order valence-electron chi connectivity index (χ0n) is 18.0. The van der Waals surface area contributed by atoms with Crippen LogP contribution in [0.5, 0.6) is 11.5 Å². The Labute approximate surface area is 188 Å². The number of rotatable bonds is 8. The van der Waals surface area contributed by atoms with Gasteiger partial charge in [0.25, 0.3) is 5.91 Å². The quantitative estimate of drug-likeness (QED) is 0.385. The van der Waals surface area contributed by atoms with E-state index in [9.17, 15) is 4.79 Å². The van der Waals surface area contributed by atoms with E-state index in [0.717, 1.165) is 22.3 Å². The fraction of sp³-hybridized carbons (Fsp3) is 0.107. The average Bonchev–Trinajstić information content (AvgIpc) is 2.87. The van der Waals surface area contributed by atoms with Gasteiger partial charge in [0.2, 0.25) is 0 Å². The molecule has 1 amide bonds. The number of carbonyl (C=O) groups is 1. The second-order valence-electron chi connectivity index (χ2n) is 7.35. The normalized spacial score (nSPS) is 10.4. The summed E-state index contributed by atoms with van der Waals surface area (Å²) in [5, 5.41) is 3.03. The van der Waals surface area contributed by atoms with Crippen LogP contribution in [-0.4, -0.2) is 13.0 Å². The predicted molar refractivity (Wildman–Crippen MR) is 127 cm³/mol. The van der Waals surface area contributed by atoms with E-state index >= 15 is 0 Å². The molecule has 4 aromatic rings. The Bertz CT molecular complexity index is 1170. The lowest BCUT2D eigenvalue weighted by molar-refractivity contribution is 0.0951. The van der Waals surface area contributed by atoms with Crippen LogP contribution in [0.4, 0.5) is 0 Å². The molecule has 4 nitrogen and oxygen atoms in total. The van der Waals surface area contributed by atoms with E-state index in [1.807, 2.05) is 97.1 Å². The third kappa shape index (κ3) is 5.16. The lowest BCUT2D eigenvalue weighted by Crippen LogP contribution is -2.23. The first-order valence-electron chi connectivity index (χ1n) is 10.5. The Kier molecular flexibility index (Phi) is 6.83. The van der Waals surface area contributed by atoms with Crippen molar-refractivity contribution < 1.29 is 14.3 Å². The van der Waals surface area contributed by atoms with E-state index in [1.165, 1.54) is 0 Å². The summed E-state index contributed by atoms with van der Waals surface area (Å²) in [5.41, 5.74) is 4.29. The topological polar surface area (TPSA) is 47.6 Å². The van der Waals surface area contributed by atoms with Gasteiger partial charge in [-0.25, -0.2) is 0 Å². The molecule has 0 unspecified atom stereocenters. The zero-order valence-corrected chi connectivity index (χ0v) is 18.0. The lowest BCUT2D eigenvalue weighted by Gasteiger charge is -2.15. The number of hydrogen-bond donors (Lipinski definition) is 1. The summed E-state index contributed by atoms with van der Waals surface area (Å²) in [6, 6.07) is 33.1. The highest BCUT2D eigenvalue weighted by atomic mass is 16.5. The highest BCUT2D eigenvalue weighted by Gasteiger charge is 2.17. The summed E-state index contributed by atoms with van der Waals surface area (Å²) in [5.74, 6) is 1.18. The number of benzene rings is 4. The molecule has 0 aliphatic rings. The monoisotopic (exact) mass is 423 g/mol. The van der Waals surface area contributed by atoms with E-state index in [-0.39, 0.29) is 5.91 Å². The molecule has 160 valence electrons. The minimum Gasteiger partial charge on any atom is -0.496 e. The van der Waals surface area contributed by atoms with Crippen LogP contribution in [0.25, 0.3) is 11.1 Å². The van der Waals surface area contributed by atoms with Crippen molar-refractivity contribution in [2.75, 3.05) is 7.11 Å². The van der Waals surface area contributed by atoms with Gasteiger partial charge in [-0.15, -0.1) is 0 Å². The fourth-order valence-electron chi connectivity index (χ4n) is 3.52. The minimum atomic E-state index is -0.167. The molecule has 0 bridgehead atoms. The smallest absolute Gasteiger partial charge is 0.252 e. The SMILES string of the molecule is COc1ccccc1-c1ccc(OCc2ccccc2)cc1C(=O)NCc1ccccc1. The highest BCUT2D eigenvalue weighted by Crippen LogP contribution is 2.34. The molecule has 0 aliphatic heterocycles. The number of ether oxygens (including phenoxy) is 2. The highest BCUT2D eigenvalue weighted by molar-refractivity contribution is 6.02. The van der Waals surface area contributed by atoms with Crippen LogP contribution in [0.15, 0.2) is 103 Å². The fourth-order valence-corrected chi connectivity index (χ4v) is 3.52. The molecule has 4 rings (SSSR count). The van der Waals surface area contributed by atoms with E-state index in [2.05, 4.69) is 5.32 Å². The van der Waals surface area contributed by atoms with E-state index in [1.54, 1.807) is 13.2 Å². The maximum atomic E-state index is 13.2. The Morgan fingerprint density at radius 2 is 1.41 bits per heavy atom. The Morgan fingerprint density at radius 3 is 2.12 bits per heavy atom. The Hall–Kier alpha value is -4.05. The molecule has 0 aliphatic carbocycles. The maximum Gasteiger partial charge on any atom is 0.252 e. The van der Waals surface area contributed by atoms with Crippen molar-refractivity contribution in [1.82, 2.24) is 5.32 Å². The summed E-state index contributed by atoms with van der Waals surface area (Å²) in [4.78, 5) is 13.2. The Morgan fingerprint density at radius 1 is 0.750 bits per heavy atom. The summed E-state index contributed by atoms with van der Waals surface area (Å²) in [7, 11) is 1.63. The molecule has 0 aromatic heterocycles. The van der Waals surface area contributed by atoms with Crippen molar-refractivity contribution in [2.24, 2.45) is 0 Å². The molecule has 0 spiro atoms. The van der Waals surface area contributed by atoms with Crippen molar-refractivity contribution in [3.8, 4) is 22.6 Å². The minimum absolute atomic E-state index is 0.167. The van der Waals surface area contributed by atoms with Crippen molar-refractivity contribution >= 4 is 5.91 Å². The summed E-state index contributed by atoms with van der Waals surface area (Å²) in [6.45, 7) is 0.875. The number of amides is 1. The van der Waals surface area contributed by atoms with Crippen LogP contribution >= 0.6 is 0 Å². The van der Waals surface area contributed by atoms with Crippen LogP contribution in [0, 0.1) is 0 Å². The first kappa shape index (κ1) is 21.2. The number of hydrogen-bond acceptors (Lipinski definition) is 3. The molecule has 1 N–H and O–H groups in total. The third-order valence-electron chi connectivity index (χ3n) is 5.18. The molecule has 0 radical (unpaired) electrons. The second-order valence-corrected chi connectivity index (χ2v) is 7.35. The largest absolute Gasteiger partial charge is 0.496 e. The molecule has 4 aromatic carbocycles. The number of nitrogens with one attached hydrogen (secondary N) is 1. The van der Waals surface area contributed by atoms with Gasteiger partial charge in [-0.1, -0.05) is 78.9 Å². The first-order valence-corrected chi connectivity index (χ1v) is 10.5. The van der Waals surface area contributed by atoms with Crippen molar-refractivity contribution in [2.45, 2.75) is 13.2 Å². The Balaban J connectivity index is 1.63. The molecule has 4 heteroatoms. The van der Waals surface area contributed by atoms with E-state index < -0.39 is 0 Å². The van der Waals surface area contributed by atoms with E-state index in [4.69, 9.17) is 9.47 Å². The van der Waals surface area contributed by atoms with Gasteiger partial charge in [0.15, 0.2) is 0 Å². The standard InChI is InChI=1S/C28H25NO3/c1-31-27-15-9-8-14-25(27)24-17-16-23(32-20-22-12-6-3-7-13-22)18-26(24)28(30)29-19-21-10-4-2-5-11-21/h2-18H,19-20H2,1H3,(H,29,30). The van der Waals surface area contributed by atoms with Crippen LogP contribution in [0.2, 0.25) is 0 Å². The summed E-state index contributed by atoms with van der Waals surface area (Å²) in [6.07, 6.45) is 0. The van der Waals surface area contributed by atoms with Gasteiger partial charge in [0.05, 0.1) is 12.7 Å². The zero-order chi connectivity index (χ0) is 22.2. The molecular weight excluding hydrogens is 398 g/mol. The van der Waals surface area contributed by atoms with Gasteiger partial charge in [-0.05, 0) is 41.0 Å². The van der Waals surface area contributed by atoms with Gasteiger partial charge in [0.1, 0.15) is 18.1 Å². The lowest BCUT2D eigenvalue weighted by atomic mass is 9.97. The average molecular weight is 424 g/mol. The first-order chi connectivity index (χ1) is 15.7. The summed E-state index contributed by atoms with van der Waals surface area (Å²) >= 11 is 0. The number of methoxy groups -OCH3 is 1. The maximum absolute atomic E-state index is 13.2. The van der Waals surface area contributed by atoms with Crippen LogP contribution < -0.4 is 14.8 Å². The van der Waals surface area contributed by atoms with Crippen molar-refractivity contribution in [1.29, 1.82) is 0 Å². The molecule has 32 heavy (non-hydrogen) atoms. The predicted octanol–water partition coefficient (Wildman–Crippen LogP) is 5.87.